The Labute approximate surface area is 163 Å². The first-order valence-corrected chi connectivity index (χ1v) is 7.99. The molecule has 0 atom stereocenters. The van der Waals surface area contributed by atoms with Crippen LogP contribution in [0.25, 0.3) is 0 Å². The monoisotopic (exact) mass is 377 g/mol. The molecule has 0 saturated carbocycles. The van der Waals surface area contributed by atoms with Gasteiger partial charge in [-0.15, -0.1) is 0 Å². The van der Waals surface area contributed by atoms with Crippen molar-refractivity contribution in [3.63, 3.8) is 0 Å². The van der Waals surface area contributed by atoms with Gasteiger partial charge in [0.15, 0.2) is 11.5 Å². The van der Waals surface area contributed by atoms with Gasteiger partial charge in [0.1, 0.15) is 0 Å². The van der Waals surface area contributed by atoms with Crippen molar-refractivity contribution in [1.82, 2.24) is 0 Å². The zero-order chi connectivity index (χ0) is 18.1. The van der Waals surface area contributed by atoms with Gasteiger partial charge in [-0.3, -0.25) is 24.7 Å². The minimum atomic E-state index is -5.09. The minimum absolute atomic E-state index is 0. The average molecular weight is 377 g/mol. The SMILES string of the molecule is Cc1ccc(C(=O)c2cc(OP(=O)(O)O)c(O)c([N+](=O)[O-])c2)cc1.[NaH]. The van der Waals surface area contributed by atoms with Crippen LogP contribution in [0.4, 0.5) is 5.69 Å². The number of hydrogen-bond acceptors (Lipinski definition) is 6. The van der Waals surface area contributed by atoms with Crippen LogP contribution in [-0.2, 0) is 4.57 Å². The number of aromatic hydroxyl groups is 1. The number of phosphoric acid groups is 1. The fraction of sp³-hybridized carbons (Fsp3) is 0.0714. The second-order valence-corrected chi connectivity index (χ2v) is 6.04. The van der Waals surface area contributed by atoms with E-state index in [4.69, 9.17) is 9.79 Å². The first kappa shape index (κ1) is 21.3. The van der Waals surface area contributed by atoms with Gasteiger partial charge >= 0.3 is 43.1 Å². The van der Waals surface area contributed by atoms with Gasteiger partial charge in [-0.05, 0) is 13.0 Å². The third kappa shape index (κ3) is 5.37. The maximum atomic E-state index is 12.4. The van der Waals surface area contributed by atoms with Crippen LogP contribution in [0.2, 0.25) is 0 Å². The quantitative estimate of drug-likeness (QED) is 0.234. The summed E-state index contributed by atoms with van der Waals surface area (Å²) in [5.74, 6) is -2.56. The van der Waals surface area contributed by atoms with Crippen LogP contribution < -0.4 is 4.52 Å². The van der Waals surface area contributed by atoms with Gasteiger partial charge < -0.3 is 9.63 Å². The van der Waals surface area contributed by atoms with Crippen molar-refractivity contribution < 1.29 is 33.7 Å². The Morgan fingerprint density at radius 1 is 1.16 bits per heavy atom. The Kier molecular flexibility index (Phi) is 6.90. The molecule has 9 nitrogen and oxygen atoms in total. The normalized spacial score (nSPS) is 10.7. The Hall–Kier alpha value is -1.74. The summed E-state index contributed by atoms with van der Waals surface area (Å²) in [5.41, 5.74) is -0.0558. The summed E-state index contributed by atoms with van der Waals surface area (Å²) in [6, 6.07) is 7.97. The molecule has 0 unspecified atom stereocenters. The zero-order valence-corrected chi connectivity index (χ0v) is 13.1. The van der Waals surface area contributed by atoms with Crippen LogP contribution in [0.5, 0.6) is 11.5 Å². The summed E-state index contributed by atoms with van der Waals surface area (Å²) < 4.78 is 15.2. The molecule has 128 valence electrons. The second-order valence-electron chi connectivity index (χ2n) is 4.88. The number of ketones is 1. The molecule has 0 radical (unpaired) electrons. The number of nitro groups is 1. The van der Waals surface area contributed by atoms with Crippen LogP contribution in [0.1, 0.15) is 21.5 Å². The van der Waals surface area contributed by atoms with E-state index < -0.39 is 35.7 Å². The van der Waals surface area contributed by atoms with E-state index in [9.17, 15) is 24.6 Å². The molecule has 2 aromatic rings. The molecule has 0 heterocycles. The molecule has 2 aromatic carbocycles. The molecule has 0 spiro atoms. The number of carbonyl (C=O) groups excluding carboxylic acids is 1. The zero-order valence-electron chi connectivity index (χ0n) is 12.2. The van der Waals surface area contributed by atoms with E-state index in [1.165, 1.54) is 12.1 Å². The van der Waals surface area contributed by atoms with Gasteiger partial charge in [0, 0.05) is 17.2 Å². The number of nitro benzene ring substituents is 1. The van der Waals surface area contributed by atoms with Crippen molar-refractivity contribution in [1.29, 1.82) is 0 Å². The predicted molar refractivity (Wildman–Crippen MR) is 89.2 cm³/mol. The van der Waals surface area contributed by atoms with Crippen molar-refractivity contribution in [3.05, 3.63) is 63.2 Å². The third-order valence-electron chi connectivity index (χ3n) is 3.04. The van der Waals surface area contributed by atoms with Crippen LogP contribution >= 0.6 is 7.82 Å². The van der Waals surface area contributed by atoms with Crippen LogP contribution in [-0.4, -0.2) is 55.2 Å². The van der Waals surface area contributed by atoms with Crippen molar-refractivity contribution in [2.24, 2.45) is 0 Å². The van der Waals surface area contributed by atoms with E-state index in [1.807, 2.05) is 6.92 Å². The first-order valence-electron chi connectivity index (χ1n) is 6.46. The van der Waals surface area contributed by atoms with E-state index in [2.05, 4.69) is 4.52 Å². The van der Waals surface area contributed by atoms with Crippen LogP contribution in [0.15, 0.2) is 36.4 Å². The molecule has 11 heteroatoms. The van der Waals surface area contributed by atoms with Gasteiger partial charge in [-0.25, -0.2) is 4.57 Å². The maximum absolute atomic E-state index is 12.4. The number of phosphoric ester groups is 1. The predicted octanol–water partition coefficient (Wildman–Crippen LogP) is 1.66. The summed E-state index contributed by atoms with van der Waals surface area (Å²) in [5, 5.41) is 20.7. The van der Waals surface area contributed by atoms with E-state index in [0.717, 1.165) is 17.7 Å². The molecule has 0 aliphatic rings. The van der Waals surface area contributed by atoms with Crippen molar-refractivity contribution in [2.75, 3.05) is 0 Å². The molecule has 0 aliphatic carbocycles. The van der Waals surface area contributed by atoms with E-state index >= 15 is 0 Å². The van der Waals surface area contributed by atoms with Gasteiger partial charge in [0.2, 0.25) is 5.75 Å². The first-order chi connectivity index (χ1) is 11.1. The van der Waals surface area contributed by atoms with Crippen LogP contribution in [0, 0.1) is 17.0 Å². The number of hydrogen-bond donors (Lipinski definition) is 3. The number of nitrogens with zero attached hydrogens (tertiary/aromatic N) is 1. The van der Waals surface area contributed by atoms with Crippen LogP contribution in [0.3, 0.4) is 0 Å². The van der Waals surface area contributed by atoms with Crippen molar-refractivity contribution in [2.45, 2.75) is 6.92 Å². The number of carbonyl (C=O) groups is 1. The van der Waals surface area contributed by atoms with Gasteiger partial charge in [0.05, 0.1) is 4.92 Å². The topological polar surface area (TPSA) is 147 Å². The molecule has 0 fully saturated rings. The number of benzene rings is 2. The average Bonchev–Trinajstić information content (AvgIpc) is 2.47. The van der Waals surface area contributed by atoms with E-state index in [0.29, 0.717) is 0 Å². The Morgan fingerprint density at radius 2 is 1.72 bits per heavy atom. The van der Waals surface area contributed by atoms with Crippen molar-refractivity contribution >= 4 is 48.9 Å². The summed E-state index contributed by atoms with van der Waals surface area (Å²) in [4.78, 5) is 40.0. The summed E-state index contributed by atoms with van der Waals surface area (Å²) in [6.07, 6.45) is 0. The van der Waals surface area contributed by atoms with Gasteiger partial charge in [-0.2, -0.15) is 0 Å². The molecule has 0 amide bonds. The summed E-state index contributed by atoms with van der Waals surface area (Å²) in [6.45, 7) is 1.81. The van der Waals surface area contributed by atoms with Crippen molar-refractivity contribution in [3.8, 4) is 11.5 Å². The molecule has 25 heavy (non-hydrogen) atoms. The number of phenolic OH excluding ortho intramolecular Hbond substituents is 1. The Bertz CT molecular complexity index is 862. The fourth-order valence-electron chi connectivity index (χ4n) is 1.93. The molecule has 2 rings (SSSR count). The van der Waals surface area contributed by atoms with Gasteiger partial charge in [0.25, 0.3) is 0 Å². The molecular formula is C14H13NNaO8P. The van der Waals surface area contributed by atoms with Gasteiger partial charge in [-0.1, -0.05) is 29.8 Å². The molecule has 0 aromatic heterocycles. The fourth-order valence-corrected chi connectivity index (χ4v) is 2.33. The Morgan fingerprint density at radius 3 is 2.20 bits per heavy atom. The number of rotatable bonds is 5. The summed E-state index contributed by atoms with van der Waals surface area (Å²) >= 11 is 0. The molecule has 3 N–H and O–H groups in total. The number of aryl methyl sites for hydroxylation is 1. The Balaban J connectivity index is 0.00000312. The molecule has 0 bridgehead atoms. The van der Waals surface area contributed by atoms with E-state index in [-0.39, 0.29) is 40.7 Å². The standard InChI is InChI=1S/C14H12NO8P.Na.H/c1-8-2-4-9(5-3-8)13(16)10-6-11(15(18)19)14(17)12(7-10)23-24(20,21)22;;/h2-7,17H,1H3,(H2,20,21,22);;. The molecular weight excluding hydrogens is 364 g/mol. The van der Waals surface area contributed by atoms with E-state index in [1.54, 1.807) is 12.1 Å². The molecule has 0 saturated heterocycles. The third-order valence-corrected chi connectivity index (χ3v) is 3.48. The summed E-state index contributed by atoms with van der Waals surface area (Å²) in [7, 11) is -5.09. The number of phenols is 1. The molecule has 0 aliphatic heterocycles. The second kappa shape index (κ2) is 8.09.